The minimum atomic E-state index is -0.860. The summed E-state index contributed by atoms with van der Waals surface area (Å²) in [6, 6.07) is 12.9. The van der Waals surface area contributed by atoms with Crippen LogP contribution < -0.4 is 5.32 Å². The van der Waals surface area contributed by atoms with E-state index >= 15 is 0 Å². The summed E-state index contributed by atoms with van der Waals surface area (Å²) in [5.41, 5.74) is 5.01. The summed E-state index contributed by atoms with van der Waals surface area (Å²) in [7, 11) is 0. The topological polar surface area (TPSA) is 81.9 Å². The van der Waals surface area contributed by atoms with Gasteiger partial charge in [0.15, 0.2) is 0 Å². The summed E-state index contributed by atoms with van der Waals surface area (Å²) < 4.78 is 0. The summed E-state index contributed by atoms with van der Waals surface area (Å²) in [4.78, 5) is 15.1. The molecule has 2 heterocycles. The smallest absolute Gasteiger partial charge is 0.307 e. The average Bonchev–Trinajstić information content (AvgIpc) is 3.06. The number of hydrogen-bond acceptors (Lipinski definition) is 4. The van der Waals surface area contributed by atoms with Gasteiger partial charge in [0.1, 0.15) is 5.75 Å². The van der Waals surface area contributed by atoms with Gasteiger partial charge in [-0.05, 0) is 29.3 Å². The van der Waals surface area contributed by atoms with Crippen molar-refractivity contribution in [2.75, 3.05) is 6.54 Å². The quantitative estimate of drug-likeness (QED) is 0.794. The first kappa shape index (κ1) is 16.1. The van der Waals surface area contributed by atoms with Crippen molar-refractivity contribution in [2.24, 2.45) is 10.9 Å². The summed E-state index contributed by atoms with van der Waals surface area (Å²) >= 11 is 0. The van der Waals surface area contributed by atoms with Crippen LogP contribution in [0.1, 0.15) is 11.1 Å². The molecule has 2 aliphatic heterocycles. The van der Waals surface area contributed by atoms with Crippen molar-refractivity contribution in [2.45, 2.75) is 6.42 Å². The van der Waals surface area contributed by atoms with E-state index in [1.165, 1.54) is 0 Å². The molecular formula is C21H18N2O3. The van der Waals surface area contributed by atoms with Crippen molar-refractivity contribution < 1.29 is 15.0 Å². The standard InChI is InChI=1S/C21H18N2O3/c24-20(25)10-13-4-6-14(7-5-13)16-2-1-3-17(21(16)26)19-11-15-12-22-9-8-18(15)23-19/h1-9,11,15,23,26H,10,12H2,(H,24,25). The average molecular weight is 346 g/mol. The number of aliphatic imine (C=N–C) groups is 1. The van der Waals surface area contributed by atoms with Crippen LogP contribution >= 0.6 is 0 Å². The molecule has 0 saturated heterocycles. The van der Waals surface area contributed by atoms with E-state index in [4.69, 9.17) is 5.11 Å². The van der Waals surface area contributed by atoms with Crippen molar-refractivity contribution in [3.05, 3.63) is 71.4 Å². The van der Waals surface area contributed by atoms with E-state index in [9.17, 15) is 9.90 Å². The van der Waals surface area contributed by atoms with E-state index in [0.717, 1.165) is 28.1 Å². The zero-order valence-electron chi connectivity index (χ0n) is 14.0. The van der Waals surface area contributed by atoms with Gasteiger partial charge in [0, 0.05) is 34.7 Å². The number of rotatable bonds is 4. The molecular weight excluding hydrogens is 328 g/mol. The maximum atomic E-state index is 10.8. The van der Waals surface area contributed by atoms with E-state index in [2.05, 4.69) is 16.4 Å². The van der Waals surface area contributed by atoms with Gasteiger partial charge < -0.3 is 15.5 Å². The third-order valence-electron chi connectivity index (χ3n) is 4.65. The number of phenols is 1. The minimum absolute atomic E-state index is 0.0122. The molecule has 5 nitrogen and oxygen atoms in total. The maximum absolute atomic E-state index is 10.8. The molecule has 2 aromatic carbocycles. The third-order valence-corrected chi connectivity index (χ3v) is 4.65. The zero-order valence-corrected chi connectivity index (χ0v) is 14.0. The molecule has 1 unspecified atom stereocenters. The molecule has 0 aliphatic carbocycles. The SMILES string of the molecule is O=C(O)Cc1ccc(-c2cccc(C3=CC4CN=CC=C4N3)c2O)cc1. The molecule has 3 N–H and O–H groups in total. The molecule has 0 amide bonds. The summed E-state index contributed by atoms with van der Waals surface area (Å²) in [5.74, 6) is -0.424. The largest absolute Gasteiger partial charge is 0.507 e. The van der Waals surface area contributed by atoms with Crippen LogP contribution in [0.3, 0.4) is 0 Å². The molecule has 0 fully saturated rings. The first-order valence-electron chi connectivity index (χ1n) is 8.44. The molecule has 2 aromatic rings. The molecule has 4 rings (SSSR count). The van der Waals surface area contributed by atoms with Crippen molar-refractivity contribution in [3.8, 4) is 16.9 Å². The van der Waals surface area contributed by atoms with Gasteiger partial charge in [0.2, 0.25) is 0 Å². The van der Waals surface area contributed by atoms with E-state index in [1.807, 2.05) is 36.4 Å². The number of dihydropyridines is 1. The van der Waals surface area contributed by atoms with Gasteiger partial charge >= 0.3 is 5.97 Å². The molecule has 26 heavy (non-hydrogen) atoms. The summed E-state index contributed by atoms with van der Waals surface area (Å²) in [6.45, 7) is 0.716. The number of carboxylic acids is 1. The number of hydrogen-bond donors (Lipinski definition) is 3. The van der Waals surface area contributed by atoms with Crippen molar-refractivity contribution in [1.29, 1.82) is 0 Å². The highest BCUT2D eigenvalue weighted by Gasteiger charge is 2.24. The van der Waals surface area contributed by atoms with Gasteiger partial charge in [-0.1, -0.05) is 36.4 Å². The highest BCUT2D eigenvalue weighted by Crippen LogP contribution is 2.38. The molecule has 0 radical (unpaired) electrons. The Morgan fingerprint density at radius 3 is 2.65 bits per heavy atom. The lowest BCUT2D eigenvalue weighted by molar-refractivity contribution is -0.136. The van der Waals surface area contributed by atoms with E-state index < -0.39 is 5.97 Å². The maximum Gasteiger partial charge on any atom is 0.307 e. The van der Waals surface area contributed by atoms with Gasteiger partial charge in [0.05, 0.1) is 13.0 Å². The minimum Gasteiger partial charge on any atom is -0.507 e. The third kappa shape index (κ3) is 2.99. The van der Waals surface area contributed by atoms with Gasteiger partial charge in [-0.3, -0.25) is 9.79 Å². The Balaban J connectivity index is 1.65. The van der Waals surface area contributed by atoms with E-state index in [1.54, 1.807) is 18.3 Å². The highest BCUT2D eigenvalue weighted by molar-refractivity contribution is 5.83. The molecule has 0 aromatic heterocycles. The second kappa shape index (κ2) is 6.52. The van der Waals surface area contributed by atoms with Gasteiger partial charge in [0.25, 0.3) is 0 Å². The fraction of sp³-hybridized carbons (Fsp3) is 0.143. The number of aromatic hydroxyl groups is 1. The predicted octanol–water partition coefficient (Wildman–Crippen LogP) is 3.21. The van der Waals surface area contributed by atoms with Gasteiger partial charge in [-0.2, -0.15) is 0 Å². The van der Waals surface area contributed by atoms with Gasteiger partial charge in [-0.25, -0.2) is 0 Å². The number of allylic oxidation sites excluding steroid dienone is 1. The number of para-hydroxylation sites is 1. The van der Waals surface area contributed by atoms with E-state index in [0.29, 0.717) is 12.1 Å². The Bertz CT molecular complexity index is 956. The first-order chi connectivity index (χ1) is 12.6. The molecule has 0 saturated carbocycles. The number of aliphatic carboxylic acids is 1. The highest BCUT2D eigenvalue weighted by atomic mass is 16.4. The first-order valence-corrected chi connectivity index (χ1v) is 8.44. The number of nitrogens with zero attached hydrogens (tertiary/aromatic N) is 1. The lowest BCUT2D eigenvalue weighted by Crippen LogP contribution is -2.14. The van der Waals surface area contributed by atoms with Crippen LogP contribution in [0.5, 0.6) is 5.75 Å². The number of carboxylic acid groups (broad SMARTS) is 1. The van der Waals surface area contributed by atoms with Crippen molar-refractivity contribution in [1.82, 2.24) is 5.32 Å². The number of carbonyl (C=O) groups is 1. The zero-order chi connectivity index (χ0) is 18.1. The Hall–Kier alpha value is -3.34. The molecule has 1 atom stereocenters. The van der Waals surface area contributed by atoms with Crippen LogP contribution in [0.2, 0.25) is 0 Å². The second-order valence-corrected chi connectivity index (χ2v) is 6.42. The fourth-order valence-corrected chi connectivity index (χ4v) is 3.33. The number of benzene rings is 2. The van der Waals surface area contributed by atoms with Crippen LogP contribution in [0.25, 0.3) is 16.8 Å². The van der Waals surface area contributed by atoms with Crippen LogP contribution in [0, 0.1) is 5.92 Å². The lowest BCUT2D eigenvalue weighted by atomic mass is 9.98. The van der Waals surface area contributed by atoms with Crippen LogP contribution in [0.15, 0.2) is 65.3 Å². The lowest BCUT2D eigenvalue weighted by Gasteiger charge is -2.13. The van der Waals surface area contributed by atoms with Crippen molar-refractivity contribution >= 4 is 17.9 Å². The van der Waals surface area contributed by atoms with Crippen LogP contribution in [-0.2, 0) is 11.2 Å². The van der Waals surface area contributed by atoms with Crippen LogP contribution in [-0.4, -0.2) is 28.9 Å². The second-order valence-electron chi connectivity index (χ2n) is 6.42. The Labute approximate surface area is 151 Å². The van der Waals surface area contributed by atoms with Crippen LogP contribution in [0.4, 0.5) is 0 Å². The molecule has 0 spiro atoms. The Morgan fingerprint density at radius 1 is 1.15 bits per heavy atom. The number of nitrogens with one attached hydrogen (secondary N) is 1. The fourth-order valence-electron chi connectivity index (χ4n) is 3.33. The number of fused-ring (bicyclic) bond motifs is 1. The molecule has 130 valence electrons. The van der Waals surface area contributed by atoms with Gasteiger partial charge in [-0.15, -0.1) is 0 Å². The normalized spacial score (nSPS) is 17.9. The summed E-state index contributed by atoms with van der Waals surface area (Å²) in [6.07, 6.45) is 5.84. The van der Waals surface area contributed by atoms with Crippen molar-refractivity contribution in [3.63, 3.8) is 0 Å². The molecule has 2 aliphatic rings. The Kier molecular flexibility index (Phi) is 4.05. The van der Waals surface area contributed by atoms with E-state index in [-0.39, 0.29) is 18.1 Å². The monoisotopic (exact) mass is 346 g/mol. The Morgan fingerprint density at radius 2 is 1.92 bits per heavy atom. The number of phenolic OH excluding ortho intramolecular Hbond substituents is 1. The molecule has 5 heteroatoms. The predicted molar refractivity (Wildman–Crippen MR) is 101 cm³/mol. The molecule has 0 bridgehead atoms. The summed E-state index contributed by atoms with van der Waals surface area (Å²) in [5, 5.41) is 23.1.